The predicted octanol–water partition coefficient (Wildman–Crippen LogP) is 1.00. The molecule has 0 radical (unpaired) electrons. The Hall–Kier alpha value is -2.63. The van der Waals surface area contributed by atoms with Crippen LogP contribution in [0.4, 0.5) is 5.69 Å². The summed E-state index contributed by atoms with van der Waals surface area (Å²) in [5.41, 5.74) is 0.461. The Bertz CT molecular complexity index is 1070. The Morgan fingerprint density at radius 3 is 2.69 bits per heavy atom. The lowest BCUT2D eigenvalue weighted by atomic mass is 9.99. The van der Waals surface area contributed by atoms with Crippen LogP contribution in [0.25, 0.3) is 0 Å². The van der Waals surface area contributed by atoms with Crippen molar-refractivity contribution in [2.24, 2.45) is 13.0 Å². The highest BCUT2D eigenvalue weighted by molar-refractivity contribution is 7.92. The number of rotatable bonds is 7. The minimum absolute atomic E-state index is 0.0193. The molecule has 2 heterocycles. The molecule has 11 heteroatoms. The van der Waals surface area contributed by atoms with Gasteiger partial charge in [0.2, 0.25) is 0 Å². The number of aryl methyl sites for hydroxylation is 1. The van der Waals surface area contributed by atoms with E-state index < -0.39 is 16.1 Å². The van der Waals surface area contributed by atoms with Crippen molar-refractivity contribution in [1.82, 2.24) is 19.4 Å². The number of anilines is 1. The number of nitrogens with one attached hydrogen (secondary N) is 1. The first kappa shape index (κ1) is 24.0. The maximum Gasteiger partial charge on any atom is 0.280 e. The standard InChI is InChI=1S/C21H31N5O5S/c1-14-9-26(15(2)12-27)21(28)17-8-16(6-7-18(17)31-19(14)10-24(3)4)23-32(29,30)20-11-25(5)13-22-20/h6-8,11,13-15,19,23,27H,9-10,12H2,1-5H3/t14-,15-,19-/m0/s1. The van der Waals surface area contributed by atoms with E-state index in [-0.39, 0.29) is 40.8 Å². The molecule has 1 aromatic carbocycles. The Kier molecular flexibility index (Phi) is 7.11. The maximum atomic E-state index is 13.4. The average Bonchev–Trinajstić information content (AvgIpc) is 3.17. The Morgan fingerprint density at radius 1 is 1.38 bits per heavy atom. The molecule has 0 unspecified atom stereocenters. The van der Waals surface area contributed by atoms with E-state index in [2.05, 4.69) is 9.71 Å². The van der Waals surface area contributed by atoms with Crippen molar-refractivity contribution in [2.45, 2.75) is 31.0 Å². The van der Waals surface area contributed by atoms with Crippen molar-refractivity contribution in [1.29, 1.82) is 0 Å². The fraction of sp³-hybridized carbons (Fsp3) is 0.524. The monoisotopic (exact) mass is 465 g/mol. The summed E-state index contributed by atoms with van der Waals surface area (Å²) in [6, 6.07) is 4.24. The summed E-state index contributed by atoms with van der Waals surface area (Å²) < 4.78 is 35.6. The van der Waals surface area contributed by atoms with Gasteiger partial charge in [0, 0.05) is 37.9 Å². The van der Waals surface area contributed by atoms with Crippen molar-refractivity contribution in [3.63, 3.8) is 0 Å². The van der Waals surface area contributed by atoms with Gasteiger partial charge in [-0.05, 0) is 39.2 Å². The molecule has 1 amide bonds. The van der Waals surface area contributed by atoms with Gasteiger partial charge >= 0.3 is 0 Å². The predicted molar refractivity (Wildman–Crippen MR) is 120 cm³/mol. The number of sulfonamides is 1. The number of hydrogen-bond donors (Lipinski definition) is 2. The second kappa shape index (κ2) is 9.47. The zero-order valence-corrected chi connectivity index (χ0v) is 19.8. The minimum Gasteiger partial charge on any atom is -0.488 e. The number of amides is 1. The van der Waals surface area contributed by atoms with Gasteiger partial charge in [-0.1, -0.05) is 6.92 Å². The van der Waals surface area contributed by atoms with Crippen LogP contribution in [0.2, 0.25) is 0 Å². The quantitative estimate of drug-likeness (QED) is 0.627. The summed E-state index contributed by atoms with van der Waals surface area (Å²) in [6.45, 7) is 4.66. The second-order valence-electron chi connectivity index (χ2n) is 8.58. The van der Waals surface area contributed by atoms with Gasteiger partial charge in [-0.3, -0.25) is 9.52 Å². The highest BCUT2D eigenvalue weighted by Gasteiger charge is 2.33. The summed E-state index contributed by atoms with van der Waals surface area (Å²) >= 11 is 0. The van der Waals surface area contributed by atoms with Gasteiger partial charge in [0.15, 0.2) is 5.03 Å². The zero-order chi connectivity index (χ0) is 23.6. The van der Waals surface area contributed by atoms with Crippen LogP contribution in [0, 0.1) is 5.92 Å². The number of carbonyl (C=O) groups is 1. The molecule has 10 nitrogen and oxygen atoms in total. The molecule has 1 aliphatic heterocycles. The van der Waals surface area contributed by atoms with Gasteiger partial charge in [-0.15, -0.1) is 0 Å². The summed E-state index contributed by atoms with van der Waals surface area (Å²) in [5.74, 6) is 0.0748. The summed E-state index contributed by atoms with van der Waals surface area (Å²) in [7, 11) is 1.66. The summed E-state index contributed by atoms with van der Waals surface area (Å²) in [4.78, 5) is 20.9. The number of hydrogen-bond acceptors (Lipinski definition) is 7. The topological polar surface area (TPSA) is 117 Å². The van der Waals surface area contributed by atoms with E-state index in [1.54, 1.807) is 31.0 Å². The van der Waals surface area contributed by atoms with Gasteiger partial charge in [-0.25, -0.2) is 4.98 Å². The van der Waals surface area contributed by atoms with Crippen molar-refractivity contribution in [3.8, 4) is 5.75 Å². The van der Waals surface area contributed by atoms with Crippen molar-refractivity contribution in [3.05, 3.63) is 36.3 Å². The lowest BCUT2D eigenvalue weighted by Crippen LogP contribution is -2.49. The molecule has 1 aliphatic rings. The van der Waals surface area contributed by atoms with Crippen LogP contribution in [-0.4, -0.2) is 84.7 Å². The van der Waals surface area contributed by atoms with Crippen LogP contribution < -0.4 is 9.46 Å². The Labute approximate surface area is 188 Å². The van der Waals surface area contributed by atoms with E-state index in [4.69, 9.17) is 4.74 Å². The smallest absolute Gasteiger partial charge is 0.280 e. The van der Waals surface area contributed by atoms with Crippen molar-refractivity contribution < 1.29 is 23.1 Å². The molecule has 0 saturated carbocycles. The molecule has 2 aromatic rings. The molecule has 1 aromatic heterocycles. The fourth-order valence-electron chi connectivity index (χ4n) is 3.60. The third-order valence-corrected chi connectivity index (χ3v) is 6.68. The molecular formula is C21H31N5O5S. The number of aromatic nitrogens is 2. The third-order valence-electron chi connectivity index (χ3n) is 5.42. The summed E-state index contributed by atoms with van der Waals surface area (Å²) in [5, 5.41) is 9.59. The maximum absolute atomic E-state index is 13.4. The first-order valence-corrected chi connectivity index (χ1v) is 11.9. The van der Waals surface area contributed by atoms with E-state index in [0.717, 1.165) is 0 Å². The number of imidazole rings is 1. The number of likely N-dealkylation sites (N-methyl/N-ethyl adjacent to an activating group) is 1. The molecular weight excluding hydrogens is 434 g/mol. The molecule has 2 N–H and O–H groups in total. The van der Waals surface area contributed by atoms with E-state index >= 15 is 0 Å². The molecule has 0 fully saturated rings. The second-order valence-corrected chi connectivity index (χ2v) is 10.2. The summed E-state index contributed by atoms with van der Waals surface area (Å²) in [6.07, 6.45) is 2.59. The number of aliphatic hydroxyl groups is 1. The minimum atomic E-state index is -3.92. The first-order valence-electron chi connectivity index (χ1n) is 10.4. The number of ether oxygens (including phenoxy) is 1. The van der Waals surface area contributed by atoms with Crippen LogP contribution in [-0.2, 0) is 17.1 Å². The van der Waals surface area contributed by atoms with E-state index in [9.17, 15) is 18.3 Å². The molecule has 0 saturated heterocycles. The number of carbonyl (C=O) groups excluding carboxylic acids is 1. The van der Waals surface area contributed by atoms with E-state index in [0.29, 0.717) is 18.8 Å². The number of fused-ring (bicyclic) bond motifs is 1. The van der Waals surface area contributed by atoms with Gasteiger partial charge < -0.3 is 24.2 Å². The van der Waals surface area contributed by atoms with Gasteiger partial charge in [-0.2, -0.15) is 8.42 Å². The molecule has 176 valence electrons. The van der Waals surface area contributed by atoms with Gasteiger partial charge in [0.25, 0.3) is 15.9 Å². The molecule has 32 heavy (non-hydrogen) atoms. The molecule has 3 atom stereocenters. The molecule has 0 aliphatic carbocycles. The average molecular weight is 466 g/mol. The highest BCUT2D eigenvalue weighted by Crippen LogP contribution is 2.31. The molecule has 3 rings (SSSR count). The SMILES string of the molecule is C[C@H]1CN([C@@H](C)CO)C(=O)c2cc(NS(=O)(=O)c3cn(C)cn3)ccc2O[C@H]1CN(C)C. The Balaban J connectivity index is 2.00. The van der Waals surface area contributed by atoms with E-state index in [1.807, 2.05) is 25.9 Å². The lowest BCUT2D eigenvalue weighted by Gasteiger charge is -2.37. The van der Waals surface area contributed by atoms with Gasteiger partial charge in [0.05, 0.1) is 24.5 Å². The Morgan fingerprint density at radius 2 is 2.09 bits per heavy atom. The highest BCUT2D eigenvalue weighted by atomic mass is 32.2. The lowest BCUT2D eigenvalue weighted by molar-refractivity contribution is 0.0363. The number of nitrogens with zero attached hydrogens (tertiary/aromatic N) is 4. The van der Waals surface area contributed by atoms with E-state index in [1.165, 1.54) is 23.2 Å². The first-order chi connectivity index (χ1) is 15.0. The van der Waals surface area contributed by atoms with Crippen LogP contribution in [0.3, 0.4) is 0 Å². The number of aliphatic hydroxyl groups excluding tert-OH is 1. The van der Waals surface area contributed by atoms with Crippen LogP contribution in [0.1, 0.15) is 24.2 Å². The number of benzene rings is 1. The fourth-order valence-corrected chi connectivity index (χ4v) is 4.63. The molecule has 0 bridgehead atoms. The van der Waals surface area contributed by atoms with Crippen molar-refractivity contribution in [2.75, 3.05) is 38.5 Å². The van der Waals surface area contributed by atoms with Crippen LogP contribution >= 0.6 is 0 Å². The zero-order valence-electron chi connectivity index (χ0n) is 19.0. The van der Waals surface area contributed by atoms with Crippen LogP contribution in [0.15, 0.2) is 35.7 Å². The van der Waals surface area contributed by atoms with Gasteiger partial charge in [0.1, 0.15) is 11.9 Å². The van der Waals surface area contributed by atoms with Crippen molar-refractivity contribution >= 4 is 21.6 Å². The molecule has 0 spiro atoms. The largest absolute Gasteiger partial charge is 0.488 e. The normalized spacial score (nSPS) is 20.3. The third kappa shape index (κ3) is 5.22. The van der Waals surface area contributed by atoms with Crippen LogP contribution in [0.5, 0.6) is 5.75 Å².